The SMILES string of the molecule is N#CC1=CN2CCc3c([nH]c4ccccc34)[C@H]2C[C@H]1C(=O)NC1CCCCC1. The number of nitriles is 1. The molecule has 3 heterocycles. The summed E-state index contributed by atoms with van der Waals surface area (Å²) in [5.41, 5.74) is 4.35. The van der Waals surface area contributed by atoms with E-state index in [0.29, 0.717) is 12.0 Å². The highest BCUT2D eigenvalue weighted by Crippen LogP contribution is 2.42. The van der Waals surface area contributed by atoms with Gasteiger partial charge < -0.3 is 15.2 Å². The summed E-state index contributed by atoms with van der Waals surface area (Å²) in [5.74, 6) is -0.326. The first-order chi connectivity index (χ1) is 13.7. The first-order valence-corrected chi connectivity index (χ1v) is 10.5. The van der Waals surface area contributed by atoms with E-state index in [4.69, 9.17) is 0 Å². The number of fused-ring (bicyclic) bond motifs is 5. The molecule has 1 amide bonds. The van der Waals surface area contributed by atoms with Crippen molar-refractivity contribution in [2.75, 3.05) is 6.54 Å². The normalized spacial score (nSPS) is 24.8. The van der Waals surface area contributed by atoms with E-state index in [-0.39, 0.29) is 23.9 Å². The summed E-state index contributed by atoms with van der Waals surface area (Å²) in [6.45, 7) is 0.891. The molecule has 2 aromatic rings. The lowest BCUT2D eigenvalue weighted by atomic mass is 9.83. The average molecular weight is 374 g/mol. The zero-order chi connectivity index (χ0) is 19.1. The van der Waals surface area contributed by atoms with Crippen LogP contribution < -0.4 is 5.32 Å². The van der Waals surface area contributed by atoms with Gasteiger partial charge in [0.1, 0.15) is 0 Å². The number of nitrogens with zero attached hydrogens (tertiary/aromatic N) is 2. The maximum absolute atomic E-state index is 13.1. The number of hydrogen-bond acceptors (Lipinski definition) is 3. The van der Waals surface area contributed by atoms with Gasteiger partial charge in [-0.2, -0.15) is 5.26 Å². The van der Waals surface area contributed by atoms with Crippen molar-refractivity contribution >= 4 is 16.8 Å². The molecule has 1 aliphatic carbocycles. The maximum Gasteiger partial charge on any atom is 0.228 e. The second-order valence-electron chi connectivity index (χ2n) is 8.39. The van der Waals surface area contributed by atoms with Crippen LogP contribution in [0.15, 0.2) is 36.0 Å². The molecule has 2 aliphatic heterocycles. The molecular formula is C23H26N4O. The number of carbonyl (C=O) groups excluding carboxylic acids is 1. The molecule has 0 unspecified atom stereocenters. The van der Waals surface area contributed by atoms with Gasteiger partial charge >= 0.3 is 0 Å². The van der Waals surface area contributed by atoms with Gasteiger partial charge in [-0.15, -0.1) is 0 Å². The van der Waals surface area contributed by atoms with Crippen molar-refractivity contribution < 1.29 is 4.79 Å². The summed E-state index contributed by atoms with van der Waals surface area (Å²) >= 11 is 0. The number of aromatic nitrogens is 1. The van der Waals surface area contributed by atoms with Crippen LogP contribution in [0.3, 0.4) is 0 Å². The zero-order valence-corrected chi connectivity index (χ0v) is 16.1. The Bertz CT molecular complexity index is 976. The molecule has 3 aliphatic rings. The Hall–Kier alpha value is -2.74. The van der Waals surface area contributed by atoms with E-state index in [1.165, 1.54) is 35.9 Å². The molecule has 0 bridgehead atoms. The molecule has 5 nitrogen and oxygen atoms in total. The van der Waals surface area contributed by atoms with Gasteiger partial charge in [0, 0.05) is 35.4 Å². The van der Waals surface area contributed by atoms with Gasteiger partial charge in [0.05, 0.1) is 23.6 Å². The predicted octanol–water partition coefficient (Wildman–Crippen LogP) is 3.94. The van der Waals surface area contributed by atoms with E-state index in [9.17, 15) is 10.1 Å². The molecule has 144 valence electrons. The summed E-state index contributed by atoms with van der Waals surface area (Å²) in [5, 5.41) is 14.2. The fourth-order valence-electron chi connectivity index (χ4n) is 5.27. The van der Waals surface area contributed by atoms with Gasteiger partial charge in [0.25, 0.3) is 0 Å². The van der Waals surface area contributed by atoms with Crippen LogP contribution in [-0.4, -0.2) is 28.4 Å². The van der Waals surface area contributed by atoms with Crippen LogP contribution in [0, 0.1) is 17.2 Å². The fourth-order valence-corrected chi connectivity index (χ4v) is 5.27. The Labute approximate surface area is 165 Å². The molecule has 1 aromatic heterocycles. The first kappa shape index (κ1) is 17.4. The van der Waals surface area contributed by atoms with E-state index in [0.717, 1.165) is 31.3 Å². The number of hydrogen-bond donors (Lipinski definition) is 2. The second kappa shape index (κ2) is 7.01. The Morgan fingerprint density at radius 3 is 2.86 bits per heavy atom. The highest BCUT2D eigenvalue weighted by Gasteiger charge is 2.39. The monoisotopic (exact) mass is 374 g/mol. The molecule has 0 saturated heterocycles. The van der Waals surface area contributed by atoms with Crippen molar-refractivity contribution in [3.8, 4) is 6.07 Å². The lowest BCUT2D eigenvalue weighted by Gasteiger charge is -2.40. The Morgan fingerprint density at radius 2 is 2.04 bits per heavy atom. The molecule has 2 N–H and O–H groups in total. The number of nitrogens with one attached hydrogen (secondary N) is 2. The largest absolute Gasteiger partial charge is 0.368 e. The van der Waals surface area contributed by atoms with Crippen LogP contribution in [0.4, 0.5) is 0 Å². The third-order valence-corrected chi connectivity index (χ3v) is 6.74. The Kier molecular flexibility index (Phi) is 4.35. The van der Waals surface area contributed by atoms with Crippen LogP contribution in [0.5, 0.6) is 0 Å². The van der Waals surface area contributed by atoms with Crippen molar-refractivity contribution in [2.24, 2.45) is 5.92 Å². The van der Waals surface area contributed by atoms with Crippen LogP contribution in [0.25, 0.3) is 10.9 Å². The topological polar surface area (TPSA) is 71.9 Å². The van der Waals surface area contributed by atoms with Gasteiger partial charge in [-0.25, -0.2) is 0 Å². The molecule has 1 fully saturated rings. The Morgan fingerprint density at radius 1 is 1.21 bits per heavy atom. The lowest BCUT2D eigenvalue weighted by molar-refractivity contribution is -0.125. The summed E-state index contributed by atoms with van der Waals surface area (Å²) in [6, 6.07) is 11.1. The maximum atomic E-state index is 13.1. The minimum absolute atomic E-state index is 0.0302. The van der Waals surface area contributed by atoms with Crippen LogP contribution >= 0.6 is 0 Å². The number of carbonyl (C=O) groups is 1. The van der Waals surface area contributed by atoms with E-state index in [2.05, 4.69) is 45.5 Å². The fraction of sp³-hybridized carbons (Fsp3) is 0.478. The number of aromatic amines is 1. The van der Waals surface area contributed by atoms with Gasteiger partial charge in [0.2, 0.25) is 5.91 Å². The highest BCUT2D eigenvalue weighted by molar-refractivity contribution is 5.86. The van der Waals surface area contributed by atoms with Gasteiger partial charge in [-0.3, -0.25) is 4.79 Å². The third-order valence-electron chi connectivity index (χ3n) is 6.74. The Balaban J connectivity index is 1.44. The van der Waals surface area contributed by atoms with E-state index in [1.807, 2.05) is 6.20 Å². The summed E-state index contributed by atoms with van der Waals surface area (Å²) in [6.07, 6.45) is 9.32. The van der Waals surface area contributed by atoms with Gasteiger partial charge in [-0.1, -0.05) is 37.5 Å². The van der Waals surface area contributed by atoms with Crippen molar-refractivity contribution in [1.29, 1.82) is 5.26 Å². The molecule has 5 heteroatoms. The quantitative estimate of drug-likeness (QED) is 0.836. The molecule has 28 heavy (non-hydrogen) atoms. The van der Waals surface area contributed by atoms with E-state index < -0.39 is 0 Å². The smallest absolute Gasteiger partial charge is 0.228 e. The van der Waals surface area contributed by atoms with Crippen LogP contribution in [-0.2, 0) is 11.2 Å². The first-order valence-electron chi connectivity index (χ1n) is 10.5. The molecular weight excluding hydrogens is 348 g/mol. The minimum atomic E-state index is -0.356. The van der Waals surface area contributed by atoms with E-state index in [1.54, 1.807) is 0 Å². The molecule has 1 aromatic carbocycles. The summed E-state index contributed by atoms with van der Waals surface area (Å²) in [7, 11) is 0. The standard InChI is InChI=1S/C23H26N4O/c24-13-15-14-27-11-10-18-17-8-4-5-9-20(17)26-22(18)21(27)12-19(15)23(28)25-16-6-2-1-3-7-16/h4-5,8-9,14,16,19,21,26H,1-3,6-7,10-12H2,(H,25,28)/t19-,21-/m1/s1. The number of para-hydroxylation sites is 1. The highest BCUT2D eigenvalue weighted by atomic mass is 16.2. The second-order valence-corrected chi connectivity index (χ2v) is 8.39. The molecule has 0 radical (unpaired) electrons. The van der Waals surface area contributed by atoms with Crippen molar-refractivity contribution in [3.05, 3.63) is 47.3 Å². The lowest BCUT2D eigenvalue weighted by Crippen LogP contribution is -2.44. The zero-order valence-electron chi connectivity index (χ0n) is 16.1. The van der Waals surface area contributed by atoms with Crippen molar-refractivity contribution in [2.45, 2.75) is 57.0 Å². The third kappa shape index (κ3) is 2.88. The molecule has 1 saturated carbocycles. The number of H-pyrrole nitrogens is 1. The number of benzene rings is 1. The van der Waals surface area contributed by atoms with Gasteiger partial charge in [-0.05, 0) is 37.3 Å². The molecule has 5 rings (SSSR count). The molecule has 0 spiro atoms. The van der Waals surface area contributed by atoms with E-state index >= 15 is 0 Å². The molecule has 2 atom stereocenters. The summed E-state index contributed by atoms with van der Waals surface area (Å²) in [4.78, 5) is 18.9. The van der Waals surface area contributed by atoms with Crippen LogP contribution in [0.2, 0.25) is 0 Å². The summed E-state index contributed by atoms with van der Waals surface area (Å²) < 4.78 is 0. The average Bonchev–Trinajstić information content (AvgIpc) is 3.12. The van der Waals surface area contributed by atoms with Crippen LogP contribution in [0.1, 0.15) is 55.8 Å². The van der Waals surface area contributed by atoms with Crippen molar-refractivity contribution in [3.63, 3.8) is 0 Å². The minimum Gasteiger partial charge on any atom is -0.368 e. The number of amides is 1. The predicted molar refractivity (Wildman–Crippen MR) is 108 cm³/mol. The van der Waals surface area contributed by atoms with Crippen molar-refractivity contribution in [1.82, 2.24) is 15.2 Å². The number of rotatable bonds is 2. The van der Waals surface area contributed by atoms with Gasteiger partial charge in [0.15, 0.2) is 0 Å².